The fraction of sp³-hybridized carbons (Fsp3) is 0.120. The molecule has 180 valence electrons. The Balaban J connectivity index is 1.51. The second-order valence-corrected chi connectivity index (χ2v) is 10.1. The first-order chi connectivity index (χ1) is 16.8. The third-order valence-electron chi connectivity index (χ3n) is 5.14. The number of nitrogens with zero attached hydrogens (tertiary/aromatic N) is 1. The molecule has 3 aromatic carbocycles. The van der Waals surface area contributed by atoms with E-state index in [1.54, 1.807) is 60.7 Å². The average molecular weight is 569 g/mol. The molecule has 0 bridgehead atoms. The van der Waals surface area contributed by atoms with Gasteiger partial charge in [-0.15, -0.1) is 0 Å². The van der Waals surface area contributed by atoms with Crippen molar-refractivity contribution in [3.8, 4) is 11.5 Å². The molecule has 1 aliphatic heterocycles. The number of thioether (sulfide) groups is 1. The fourth-order valence-corrected chi connectivity index (χ4v) is 5.13. The Labute approximate surface area is 226 Å². The van der Waals surface area contributed by atoms with Crippen molar-refractivity contribution in [3.63, 3.8) is 0 Å². The van der Waals surface area contributed by atoms with Gasteiger partial charge in [0.05, 0.1) is 18.6 Å². The molecule has 10 heteroatoms. The van der Waals surface area contributed by atoms with Gasteiger partial charge in [0.25, 0.3) is 11.1 Å². The molecule has 0 aromatic heterocycles. The van der Waals surface area contributed by atoms with Gasteiger partial charge >= 0.3 is 0 Å². The number of hydrogen-bond donors (Lipinski definition) is 0. The summed E-state index contributed by atoms with van der Waals surface area (Å²) in [5.74, 6) is 0.527. The standard InChI is InChI=1S/C25H17Cl4NO4S/c1-33-22-9-14(5-8-21(22)34-13-17-18(27)3-2-4-19(17)28)10-23-24(31)30(25(32)35-23)12-15-6-7-16(26)11-20(15)29/h2-11H,12-13H2,1H3/b23-10-. The lowest BCUT2D eigenvalue weighted by atomic mass is 10.1. The van der Waals surface area contributed by atoms with Crippen LogP contribution in [0.1, 0.15) is 16.7 Å². The van der Waals surface area contributed by atoms with Gasteiger partial charge in [0.1, 0.15) is 6.61 Å². The third-order valence-corrected chi connectivity index (χ3v) is 7.34. The summed E-state index contributed by atoms with van der Waals surface area (Å²) in [5, 5.41) is 1.49. The number of benzene rings is 3. The topological polar surface area (TPSA) is 55.8 Å². The van der Waals surface area contributed by atoms with Crippen LogP contribution in [0.2, 0.25) is 20.1 Å². The average Bonchev–Trinajstić information content (AvgIpc) is 3.08. The monoisotopic (exact) mass is 567 g/mol. The molecule has 0 spiro atoms. The van der Waals surface area contributed by atoms with Crippen molar-refractivity contribution in [2.24, 2.45) is 0 Å². The maximum Gasteiger partial charge on any atom is 0.293 e. The van der Waals surface area contributed by atoms with Crippen molar-refractivity contribution in [2.45, 2.75) is 13.2 Å². The molecule has 1 aliphatic rings. The SMILES string of the molecule is COc1cc(/C=C2\SC(=O)N(Cc3ccc(Cl)cc3Cl)C2=O)ccc1OCc1c(Cl)cccc1Cl. The lowest BCUT2D eigenvalue weighted by Gasteiger charge is -2.14. The Morgan fingerprint density at radius 3 is 2.34 bits per heavy atom. The second kappa shape index (κ2) is 11.1. The lowest BCUT2D eigenvalue weighted by molar-refractivity contribution is -0.123. The minimum atomic E-state index is -0.404. The molecule has 3 aromatic rings. The van der Waals surface area contributed by atoms with E-state index in [9.17, 15) is 9.59 Å². The molecule has 1 saturated heterocycles. The van der Waals surface area contributed by atoms with Gasteiger partial charge in [-0.25, -0.2) is 0 Å². The van der Waals surface area contributed by atoms with E-state index in [4.69, 9.17) is 55.9 Å². The number of carbonyl (C=O) groups is 2. The van der Waals surface area contributed by atoms with Crippen LogP contribution in [0.15, 0.2) is 59.5 Å². The first-order valence-corrected chi connectivity index (χ1v) is 12.5. The first-order valence-electron chi connectivity index (χ1n) is 10.2. The van der Waals surface area contributed by atoms with Crippen molar-refractivity contribution in [3.05, 3.63) is 96.3 Å². The number of ether oxygens (including phenoxy) is 2. The molecule has 5 nitrogen and oxygen atoms in total. The van der Waals surface area contributed by atoms with Crippen LogP contribution in [0.5, 0.6) is 11.5 Å². The van der Waals surface area contributed by atoms with Crippen LogP contribution in [0.3, 0.4) is 0 Å². The largest absolute Gasteiger partial charge is 0.493 e. The predicted molar refractivity (Wildman–Crippen MR) is 142 cm³/mol. The van der Waals surface area contributed by atoms with Crippen LogP contribution in [-0.4, -0.2) is 23.2 Å². The van der Waals surface area contributed by atoms with Crippen LogP contribution < -0.4 is 9.47 Å². The Morgan fingerprint density at radius 1 is 0.914 bits per heavy atom. The van der Waals surface area contributed by atoms with E-state index in [2.05, 4.69) is 0 Å². The van der Waals surface area contributed by atoms with Crippen LogP contribution in [0.4, 0.5) is 4.79 Å². The maximum atomic E-state index is 12.9. The van der Waals surface area contributed by atoms with E-state index in [1.165, 1.54) is 7.11 Å². The lowest BCUT2D eigenvalue weighted by Crippen LogP contribution is -2.27. The summed E-state index contributed by atoms with van der Waals surface area (Å²) in [5.41, 5.74) is 1.96. The number of carbonyl (C=O) groups excluding carboxylic acids is 2. The molecule has 0 radical (unpaired) electrons. The number of rotatable bonds is 7. The van der Waals surface area contributed by atoms with Gasteiger partial charge in [-0.1, -0.05) is 64.6 Å². The molecule has 0 unspecified atom stereocenters. The highest BCUT2D eigenvalue weighted by Crippen LogP contribution is 2.36. The van der Waals surface area contributed by atoms with E-state index < -0.39 is 5.91 Å². The number of imide groups is 1. The summed E-state index contributed by atoms with van der Waals surface area (Å²) in [6.45, 7) is 0.207. The number of methoxy groups -OCH3 is 1. The van der Waals surface area contributed by atoms with Crippen molar-refractivity contribution >= 4 is 75.4 Å². The highest BCUT2D eigenvalue weighted by molar-refractivity contribution is 8.18. The molecule has 0 atom stereocenters. The molecular weight excluding hydrogens is 552 g/mol. The van der Waals surface area contributed by atoms with Gasteiger partial charge in [-0.05, 0) is 65.4 Å². The van der Waals surface area contributed by atoms with Gasteiger partial charge < -0.3 is 9.47 Å². The molecular formula is C25H17Cl4NO4S. The molecule has 4 rings (SSSR count). The van der Waals surface area contributed by atoms with Crippen LogP contribution in [0, 0.1) is 0 Å². The third kappa shape index (κ3) is 5.90. The molecule has 1 fully saturated rings. The van der Waals surface area contributed by atoms with Gasteiger partial charge in [-0.3, -0.25) is 14.5 Å². The van der Waals surface area contributed by atoms with Crippen LogP contribution >= 0.6 is 58.2 Å². The second-order valence-electron chi connectivity index (χ2n) is 7.40. The Kier molecular flexibility index (Phi) is 8.19. The minimum absolute atomic E-state index is 0.0543. The number of amides is 2. The quantitative estimate of drug-likeness (QED) is 0.269. The number of halogens is 4. The maximum absolute atomic E-state index is 12.9. The van der Waals surface area contributed by atoms with E-state index in [1.807, 2.05) is 0 Å². The summed E-state index contributed by atoms with van der Waals surface area (Å²) in [6, 6.07) is 15.3. The van der Waals surface area contributed by atoms with Gasteiger partial charge in [0.15, 0.2) is 11.5 Å². The number of hydrogen-bond acceptors (Lipinski definition) is 5. The molecule has 0 aliphatic carbocycles. The zero-order valence-corrected chi connectivity index (χ0v) is 22.0. The summed E-state index contributed by atoms with van der Waals surface area (Å²) in [4.78, 5) is 26.9. The fourth-order valence-electron chi connectivity index (χ4n) is 3.32. The van der Waals surface area contributed by atoms with Gasteiger partial charge in [0.2, 0.25) is 0 Å². The normalized spacial score (nSPS) is 14.7. The zero-order valence-electron chi connectivity index (χ0n) is 18.2. The Morgan fingerprint density at radius 2 is 1.66 bits per heavy atom. The van der Waals surface area contributed by atoms with Crippen molar-refractivity contribution in [1.29, 1.82) is 0 Å². The molecule has 2 amide bonds. The zero-order chi connectivity index (χ0) is 25.1. The summed E-state index contributed by atoms with van der Waals surface area (Å²) >= 11 is 25.4. The van der Waals surface area contributed by atoms with Crippen molar-refractivity contribution in [2.75, 3.05) is 7.11 Å². The van der Waals surface area contributed by atoms with Crippen LogP contribution in [0.25, 0.3) is 6.08 Å². The Bertz CT molecular complexity index is 1320. The van der Waals surface area contributed by atoms with Gasteiger partial charge in [0, 0.05) is 25.7 Å². The van der Waals surface area contributed by atoms with E-state index in [0.29, 0.717) is 53.2 Å². The smallest absolute Gasteiger partial charge is 0.293 e. The van der Waals surface area contributed by atoms with E-state index >= 15 is 0 Å². The highest BCUT2D eigenvalue weighted by atomic mass is 35.5. The predicted octanol–water partition coefficient (Wildman–Crippen LogP) is 8.12. The van der Waals surface area contributed by atoms with E-state index in [0.717, 1.165) is 16.7 Å². The van der Waals surface area contributed by atoms with Crippen molar-refractivity contribution in [1.82, 2.24) is 4.90 Å². The van der Waals surface area contributed by atoms with E-state index in [-0.39, 0.29) is 18.4 Å². The van der Waals surface area contributed by atoms with Gasteiger partial charge in [-0.2, -0.15) is 0 Å². The summed E-state index contributed by atoms with van der Waals surface area (Å²) in [6.07, 6.45) is 1.63. The first kappa shape index (κ1) is 25.7. The molecule has 0 saturated carbocycles. The molecule has 0 N–H and O–H groups in total. The van der Waals surface area contributed by atoms with Crippen LogP contribution in [-0.2, 0) is 17.9 Å². The highest BCUT2D eigenvalue weighted by Gasteiger charge is 2.35. The van der Waals surface area contributed by atoms with Crippen molar-refractivity contribution < 1.29 is 19.1 Å². The summed E-state index contributed by atoms with van der Waals surface area (Å²) < 4.78 is 11.3. The minimum Gasteiger partial charge on any atom is -0.493 e. The molecule has 35 heavy (non-hydrogen) atoms. The Hall–Kier alpha value is -2.35. The summed E-state index contributed by atoms with van der Waals surface area (Å²) in [7, 11) is 1.51. The molecule has 1 heterocycles.